The van der Waals surface area contributed by atoms with Crippen molar-refractivity contribution in [3.8, 4) is 11.8 Å². The first-order valence-electron chi connectivity index (χ1n) is 4.67. The fourth-order valence-electron chi connectivity index (χ4n) is 1.34. The van der Waals surface area contributed by atoms with E-state index in [-0.39, 0.29) is 11.1 Å². The first-order chi connectivity index (χ1) is 8.42. The van der Waals surface area contributed by atoms with Crippen LogP contribution in [0.3, 0.4) is 0 Å². The van der Waals surface area contributed by atoms with Gasteiger partial charge in [-0.05, 0) is 6.07 Å². The van der Waals surface area contributed by atoms with Crippen LogP contribution < -0.4 is 5.73 Å². The average Bonchev–Trinajstić information content (AvgIpc) is 2.36. The van der Waals surface area contributed by atoms with Gasteiger partial charge >= 0.3 is 11.7 Å². The third kappa shape index (κ3) is 2.36. The molecule has 0 spiro atoms. The number of benzene rings is 1. The number of phenols is 1. The molecule has 0 unspecified atom stereocenters. The molecule has 18 heavy (non-hydrogen) atoms. The minimum Gasteiger partial charge on any atom is -0.502 e. The summed E-state index contributed by atoms with van der Waals surface area (Å²) < 4.78 is 4.37. The zero-order valence-electron chi connectivity index (χ0n) is 9.28. The number of rotatable bonds is 3. The van der Waals surface area contributed by atoms with Gasteiger partial charge in [0.25, 0.3) is 0 Å². The van der Waals surface area contributed by atoms with E-state index < -0.39 is 28.4 Å². The van der Waals surface area contributed by atoms with Crippen LogP contribution in [0.4, 0.5) is 5.69 Å². The maximum atomic E-state index is 11.2. The zero-order chi connectivity index (χ0) is 13.9. The summed E-state index contributed by atoms with van der Waals surface area (Å²) in [6.07, 6.45) is 0. The van der Waals surface area contributed by atoms with E-state index in [1.54, 1.807) is 6.07 Å². The Hall–Kier alpha value is -2.66. The van der Waals surface area contributed by atoms with Crippen LogP contribution in [-0.4, -0.2) is 23.1 Å². The molecule has 0 fully saturated rings. The van der Waals surface area contributed by atoms with Crippen molar-refractivity contribution in [3.05, 3.63) is 33.4 Å². The van der Waals surface area contributed by atoms with Gasteiger partial charge in [0.2, 0.25) is 0 Å². The van der Waals surface area contributed by atoms with Crippen molar-refractivity contribution in [3.63, 3.8) is 0 Å². The Balaban J connectivity index is 3.44. The highest BCUT2D eigenvalue weighted by molar-refractivity contribution is 5.79. The lowest BCUT2D eigenvalue weighted by Crippen LogP contribution is -2.23. The normalized spacial score (nSPS) is 11.4. The van der Waals surface area contributed by atoms with Crippen LogP contribution in [0.5, 0.6) is 5.75 Å². The van der Waals surface area contributed by atoms with Gasteiger partial charge < -0.3 is 15.6 Å². The molecule has 0 aliphatic carbocycles. The SMILES string of the molecule is COC(=O)[C@H](N)c1cc(C#N)cc([N+](=O)[O-])c1O. The van der Waals surface area contributed by atoms with Gasteiger partial charge in [0, 0.05) is 11.6 Å². The summed E-state index contributed by atoms with van der Waals surface area (Å²) in [6.45, 7) is 0. The molecule has 1 aromatic rings. The number of carbonyl (C=O) groups excluding carboxylic acids is 1. The maximum absolute atomic E-state index is 11.2. The van der Waals surface area contributed by atoms with E-state index in [0.717, 1.165) is 19.2 Å². The quantitative estimate of drug-likeness (QED) is 0.448. The van der Waals surface area contributed by atoms with Crippen LogP contribution in [0.25, 0.3) is 0 Å². The summed E-state index contributed by atoms with van der Waals surface area (Å²) in [7, 11) is 1.09. The van der Waals surface area contributed by atoms with Gasteiger partial charge in [0.05, 0.1) is 23.7 Å². The predicted molar refractivity (Wildman–Crippen MR) is 58.4 cm³/mol. The number of esters is 1. The van der Waals surface area contributed by atoms with Gasteiger partial charge in [-0.25, -0.2) is 0 Å². The lowest BCUT2D eigenvalue weighted by atomic mass is 10.0. The second-order valence-electron chi connectivity index (χ2n) is 3.30. The van der Waals surface area contributed by atoms with Gasteiger partial charge in [-0.1, -0.05) is 0 Å². The van der Waals surface area contributed by atoms with Crippen LogP contribution >= 0.6 is 0 Å². The summed E-state index contributed by atoms with van der Waals surface area (Å²) in [6, 6.07) is 2.27. The zero-order valence-corrected chi connectivity index (χ0v) is 9.28. The van der Waals surface area contributed by atoms with E-state index >= 15 is 0 Å². The van der Waals surface area contributed by atoms with E-state index in [1.807, 2.05) is 0 Å². The molecule has 0 aliphatic rings. The number of ether oxygens (including phenoxy) is 1. The number of carbonyl (C=O) groups is 1. The molecule has 1 atom stereocenters. The van der Waals surface area contributed by atoms with Crippen LogP contribution in [0, 0.1) is 21.4 Å². The third-order valence-electron chi connectivity index (χ3n) is 2.24. The van der Waals surface area contributed by atoms with Crippen molar-refractivity contribution >= 4 is 11.7 Å². The number of aromatic hydroxyl groups is 1. The smallest absolute Gasteiger partial charge is 0.327 e. The second-order valence-corrected chi connectivity index (χ2v) is 3.30. The first kappa shape index (κ1) is 13.4. The molecule has 0 aromatic heterocycles. The Labute approximate surface area is 101 Å². The van der Waals surface area contributed by atoms with E-state index in [0.29, 0.717) is 0 Å². The van der Waals surface area contributed by atoms with Gasteiger partial charge in [-0.3, -0.25) is 14.9 Å². The Morgan fingerprint density at radius 3 is 2.72 bits per heavy atom. The summed E-state index contributed by atoms with van der Waals surface area (Å²) >= 11 is 0. The molecule has 0 amide bonds. The van der Waals surface area contributed by atoms with Crippen molar-refractivity contribution in [2.45, 2.75) is 6.04 Å². The van der Waals surface area contributed by atoms with E-state index in [9.17, 15) is 20.0 Å². The number of nitrogens with two attached hydrogens (primary N) is 1. The van der Waals surface area contributed by atoms with Crippen LogP contribution in [0.2, 0.25) is 0 Å². The van der Waals surface area contributed by atoms with Crippen molar-refractivity contribution < 1.29 is 19.6 Å². The molecule has 0 saturated carbocycles. The average molecular weight is 251 g/mol. The molecule has 94 valence electrons. The highest BCUT2D eigenvalue weighted by Crippen LogP contribution is 2.34. The number of hydrogen-bond donors (Lipinski definition) is 2. The maximum Gasteiger partial charge on any atom is 0.327 e. The van der Waals surface area contributed by atoms with Gasteiger partial charge in [0.15, 0.2) is 5.75 Å². The fraction of sp³-hybridized carbons (Fsp3) is 0.200. The van der Waals surface area contributed by atoms with Crippen molar-refractivity contribution in [2.24, 2.45) is 5.73 Å². The number of phenolic OH excluding ortho intramolecular Hbond substituents is 1. The van der Waals surface area contributed by atoms with Gasteiger partial charge in [-0.15, -0.1) is 0 Å². The summed E-state index contributed by atoms with van der Waals surface area (Å²) in [5.41, 5.74) is 4.47. The fourth-order valence-corrected chi connectivity index (χ4v) is 1.34. The van der Waals surface area contributed by atoms with Gasteiger partial charge in [-0.2, -0.15) is 5.26 Å². The number of methoxy groups -OCH3 is 1. The summed E-state index contributed by atoms with van der Waals surface area (Å²) in [4.78, 5) is 21.0. The predicted octanol–water partition coefficient (Wildman–Crippen LogP) is 0.345. The molecule has 8 nitrogen and oxygen atoms in total. The van der Waals surface area contributed by atoms with Crippen LogP contribution in [0.15, 0.2) is 12.1 Å². The minimum atomic E-state index is -1.40. The Bertz CT molecular complexity index is 549. The standard InChI is InChI=1S/C10H9N3O5/c1-18-10(15)8(12)6-2-5(4-11)3-7(9(6)14)13(16)17/h2-3,8,14H,12H2,1H3/t8-/m1/s1. The molecule has 0 radical (unpaired) electrons. The Morgan fingerprint density at radius 1 is 1.67 bits per heavy atom. The number of nitriles is 1. The molecular weight excluding hydrogens is 242 g/mol. The van der Waals surface area contributed by atoms with Crippen molar-refractivity contribution in [1.82, 2.24) is 0 Å². The third-order valence-corrected chi connectivity index (χ3v) is 2.24. The molecular formula is C10H9N3O5. The number of nitro groups is 1. The van der Waals surface area contributed by atoms with E-state index in [1.165, 1.54) is 0 Å². The Morgan fingerprint density at radius 2 is 2.28 bits per heavy atom. The van der Waals surface area contributed by atoms with E-state index in [2.05, 4.69) is 4.74 Å². The molecule has 1 rings (SSSR count). The topological polar surface area (TPSA) is 139 Å². The molecule has 0 aliphatic heterocycles. The first-order valence-corrected chi connectivity index (χ1v) is 4.67. The highest BCUT2D eigenvalue weighted by Gasteiger charge is 2.26. The molecule has 8 heteroatoms. The largest absolute Gasteiger partial charge is 0.502 e. The lowest BCUT2D eigenvalue weighted by molar-refractivity contribution is -0.386. The van der Waals surface area contributed by atoms with E-state index in [4.69, 9.17) is 11.0 Å². The highest BCUT2D eigenvalue weighted by atomic mass is 16.6. The molecule has 3 N–H and O–H groups in total. The van der Waals surface area contributed by atoms with Crippen LogP contribution in [0.1, 0.15) is 17.2 Å². The molecule has 0 saturated heterocycles. The molecule has 1 aromatic carbocycles. The molecule has 0 heterocycles. The summed E-state index contributed by atoms with van der Waals surface area (Å²) in [5.74, 6) is -1.63. The second kappa shape index (κ2) is 5.11. The number of nitrogens with zero attached hydrogens (tertiary/aromatic N) is 2. The number of hydrogen-bond acceptors (Lipinski definition) is 7. The monoisotopic (exact) mass is 251 g/mol. The number of nitro benzene ring substituents is 1. The summed E-state index contributed by atoms with van der Waals surface area (Å²) in [5, 5.41) is 29.1. The Kier molecular flexibility index (Phi) is 3.81. The van der Waals surface area contributed by atoms with Gasteiger partial charge in [0.1, 0.15) is 6.04 Å². The van der Waals surface area contributed by atoms with Crippen molar-refractivity contribution in [1.29, 1.82) is 5.26 Å². The van der Waals surface area contributed by atoms with Crippen LogP contribution in [-0.2, 0) is 9.53 Å². The molecule has 0 bridgehead atoms. The minimum absolute atomic E-state index is 0.0890. The lowest BCUT2D eigenvalue weighted by Gasteiger charge is -2.11. The van der Waals surface area contributed by atoms with Crippen molar-refractivity contribution in [2.75, 3.05) is 7.11 Å².